The van der Waals surface area contributed by atoms with Crippen molar-refractivity contribution in [2.24, 2.45) is 0 Å². The number of carbonyl (C=O) groups is 1. The van der Waals surface area contributed by atoms with Gasteiger partial charge in [0.05, 0.1) is 16.3 Å². The Bertz CT molecular complexity index is 993. The summed E-state index contributed by atoms with van der Waals surface area (Å²) in [7, 11) is 0. The monoisotopic (exact) mass is 378 g/mol. The molecule has 7 heteroatoms. The molecular weight excluding hydrogens is 356 g/mol. The lowest BCUT2D eigenvalue weighted by Crippen LogP contribution is -2.26. The number of nitro groups is 1. The number of aryl methyl sites for hydroxylation is 1. The first-order chi connectivity index (χ1) is 13.5. The van der Waals surface area contributed by atoms with Gasteiger partial charge in [-0.2, -0.15) is 5.10 Å². The van der Waals surface area contributed by atoms with Gasteiger partial charge in [0.1, 0.15) is 5.69 Å². The number of carbonyl (C=O) groups excluding carboxylic acids is 1. The van der Waals surface area contributed by atoms with Crippen LogP contribution in [0.2, 0.25) is 0 Å². The summed E-state index contributed by atoms with van der Waals surface area (Å²) in [5.74, 6) is -0.199. The number of non-ortho nitro benzene ring substituents is 1. The molecule has 0 saturated carbocycles. The van der Waals surface area contributed by atoms with Crippen LogP contribution >= 0.6 is 0 Å². The SMILES string of the molecule is CCCCNC(=O)c1cc(-c2ccc([N+](=O)[O-])cc2)nn1-c1cccc(C)c1. The number of unbranched alkanes of at least 4 members (excludes halogenated alkanes) is 1. The summed E-state index contributed by atoms with van der Waals surface area (Å²) in [5, 5.41) is 18.4. The number of hydrogen-bond donors (Lipinski definition) is 1. The van der Waals surface area contributed by atoms with Gasteiger partial charge < -0.3 is 5.32 Å². The molecule has 0 aliphatic carbocycles. The highest BCUT2D eigenvalue weighted by Crippen LogP contribution is 2.24. The predicted molar refractivity (Wildman–Crippen MR) is 108 cm³/mol. The molecule has 1 amide bonds. The Balaban J connectivity index is 2.01. The molecule has 144 valence electrons. The molecule has 3 aromatic rings. The molecule has 0 saturated heterocycles. The second-order valence-corrected chi connectivity index (χ2v) is 6.58. The smallest absolute Gasteiger partial charge is 0.270 e. The summed E-state index contributed by atoms with van der Waals surface area (Å²) in [6, 6.07) is 15.6. The molecule has 28 heavy (non-hydrogen) atoms. The molecule has 0 fully saturated rings. The molecule has 2 aromatic carbocycles. The van der Waals surface area contributed by atoms with E-state index in [-0.39, 0.29) is 11.6 Å². The van der Waals surface area contributed by atoms with Crippen LogP contribution in [0, 0.1) is 17.0 Å². The van der Waals surface area contributed by atoms with Gasteiger partial charge in [-0.3, -0.25) is 14.9 Å². The van der Waals surface area contributed by atoms with E-state index in [1.54, 1.807) is 22.9 Å². The minimum absolute atomic E-state index is 0.0133. The van der Waals surface area contributed by atoms with Crippen LogP contribution in [-0.2, 0) is 0 Å². The molecule has 0 atom stereocenters. The molecule has 0 radical (unpaired) electrons. The summed E-state index contributed by atoms with van der Waals surface area (Å²) in [6.45, 7) is 4.64. The highest BCUT2D eigenvalue weighted by Gasteiger charge is 2.18. The maximum Gasteiger partial charge on any atom is 0.270 e. The van der Waals surface area contributed by atoms with E-state index in [1.165, 1.54) is 12.1 Å². The summed E-state index contributed by atoms with van der Waals surface area (Å²) in [5.41, 5.74) is 3.57. The number of benzene rings is 2. The number of rotatable bonds is 7. The fourth-order valence-electron chi connectivity index (χ4n) is 2.86. The lowest BCUT2D eigenvalue weighted by molar-refractivity contribution is -0.384. The van der Waals surface area contributed by atoms with Gasteiger partial charge >= 0.3 is 0 Å². The average Bonchev–Trinajstić information content (AvgIpc) is 3.14. The third-order valence-electron chi connectivity index (χ3n) is 4.38. The largest absolute Gasteiger partial charge is 0.351 e. The predicted octanol–water partition coefficient (Wildman–Crippen LogP) is 4.29. The third-order valence-corrected chi connectivity index (χ3v) is 4.38. The molecule has 0 bridgehead atoms. The lowest BCUT2D eigenvalue weighted by atomic mass is 10.1. The fraction of sp³-hybridized carbons (Fsp3) is 0.238. The second kappa shape index (κ2) is 8.47. The first-order valence-electron chi connectivity index (χ1n) is 9.19. The van der Waals surface area contributed by atoms with Crippen LogP contribution in [0.4, 0.5) is 5.69 Å². The van der Waals surface area contributed by atoms with E-state index in [0.29, 0.717) is 23.5 Å². The van der Waals surface area contributed by atoms with Gasteiger partial charge in [-0.1, -0.05) is 25.5 Å². The number of nitro benzene ring substituents is 1. The van der Waals surface area contributed by atoms with Gasteiger partial charge in [0.2, 0.25) is 0 Å². The van der Waals surface area contributed by atoms with Crippen LogP contribution in [0.5, 0.6) is 0 Å². The van der Waals surface area contributed by atoms with Crippen molar-refractivity contribution in [2.75, 3.05) is 6.54 Å². The van der Waals surface area contributed by atoms with Crippen molar-refractivity contribution in [3.8, 4) is 16.9 Å². The molecule has 0 aliphatic heterocycles. The van der Waals surface area contributed by atoms with Crippen LogP contribution < -0.4 is 5.32 Å². The summed E-state index contributed by atoms with van der Waals surface area (Å²) >= 11 is 0. The van der Waals surface area contributed by atoms with Crippen molar-refractivity contribution in [3.63, 3.8) is 0 Å². The summed E-state index contributed by atoms with van der Waals surface area (Å²) < 4.78 is 1.62. The maximum absolute atomic E-state index is 12.7. The van der Waals surface area contributed by atoms with E-state index in [0.717, 1.165) is 24.1 Å². The van der Waals surface area contributed by atoms with Gasteiger partial charge in [0.25, 0.3) is 11.6 Å². The van der Waals surface area contributed by atoms with Gasteiger partial charge in [-0.15, -0.1) is 0 Å². The zero-order chi connectivity index (χ0) is 20.1. The van der Waals surface area contributed by atoms with E-state index >= 15 is 0 Å². The van der Waals surface area contributed by atoms with Gasteiger partial charge in [0.15, 0.2) is 0 Å². The quantitative estimate of drug-likeness (QED) is 0.377. The molecule has 0 unspecified atom stereocenters. The Hall–Kier alpha value is -3.48. The standard InChI is InChI=1S/C21H22N4O3/c1-3-4-12-22-21(26)20-14-19(16-8-10-17(11-9-16)25(27)28)23-24(20)18-7-5-6-15(2)13-18/h5-11,13-14H,3-4,12H2,1-2H3,(H,22,26). The Kier molecular flexibility index (Phi) is 5.84. The molecule has 7 nitrogen and oxygen atoms in total. The number of nitrogens with zero attached hydrogens (tertiary/aromatic N) is 3. The van der Waals surface area contributed by atoms with Crippen LogP contribution in [0.25, 0.3) is 16.9 Å². The Morgan fingerprint density at radius 1 is 1.18 bits per heavy atom. The number of nitrogens with one attached hydrogen (secondary N) is 1. The minimum Gasteiger partial charge on any atom is -0.351 e. The van der Waals surface area contributed by atoms with Crippen molar-refractivity contribution in [3.05, 3.63) is 76.0 Å². The highest BCUT2D eigenvalue weighted by atomic mass is 16.6. The highest BCUT2D eigenvalue weighted by molar-refractivity contribution is 5.94. The zero-order valence-electron chi connectivity index (χ0n) is 15.9. The van der Waals surface area contributed by atoms with Gasteiger partial charge in [0, 0.05) is 24.2 Å². The van der Waals surface area contributed by atoms with E-state index in [9.17, 15) is 14.9 Å². The molecule has 0 aliphatic rings. The first kappa shape index (κ1) is 19.3. The molecule has 3 rings (SSSR count). The van der Waals surface area contributed by atoms with Crippen LogP contribution in [0.3, 0.4) is 0 Å². The van der Waals surface area contributed by atoms with Gasteiger partial charge in [-0.05, 0) is 49.2 Å². The van der Waals surface area contributed by atoms with E-state index in [2.05, 4.69) is 17.3 Å². The third kappa shape index (κ3) is 4.25. The Morgan fingerprint density at radius 2 is 1.93 bits per heavy atom. The van der Waals surface area contributed by atoms with Crippen LogP contribution in [0.15, 0.2) is 54.6 Å². The molecule has 1 N–H and O–H groups in total. The maximum atomic E-state index is 12.7. The fourth-order valence-corrected chi connectivity index (χ4v) is 2.86. The normalized spacial score (nSPS) is 10.6. The van der Waals surface area contributed by atoms with Crippen LogP contribution in [0.1, 0.15) is 35.8 Å². The summed E-state index contributed by atoms with van der Waals surface area (Å²) in [4.78, 5) is 23.2. The van der Waals surface area contributed by atoms with Crippen molar-refractivity contribution >= 4 is 11.6 Å². The zero-order valence-corrected chi connectivity index (χ0v) is 15.9. The van der Waals surface area contributed by atoms with E-state index < -0.39 is 4.92 Å². The minimum atomic E-state index is -0.443. The van der Waals surface area contributed by atoms with E-state index in [4.69, 9.17) is 0 Å². The second-order valence-electron chi connectivity index (χ2n) is 6.58. The topological polar surface area (TPSA) is 90.1 Å². The first-order valence-corrected chi connectivity index (χ1v) is 9.19. The molecule has 1 aromatic heterocycles. The number of aromatic nitrogens is 2. The summed E-state index contributed by atoms with van der Waals surface area (Å²) in [6.07, 6.45) is 1.89. The Labute approximate surface area is 163 Å². The molecular formula is C21H22N4O3. The van der Waals surface area contributed by atoms with E-state index in [1.807, 2.05) is 31.2 Å². The van der Waals surface area contributed by atoms with Crippen LogP contribution in [-0.4, -0.2) is 27.2 Å². The molecule has 0 spiro atoms. The van der Waals surface area contributed by atoms with Gasteiger partial charge in [-0.25, -0.2) is 4.68 Å². The average molecular weight is 378 g/mol. The van der Waals surface area contributed by atoms with Crippen molar-refractivity contribution in [1.82, 2.24) is 15.1 Å². The van der Waals surface area contributed by atoms with Crippen molar-refractivity contribution in [2.45, 2.75) is 26.7 Å². The number of hydrogen-bond acceptors (Lipinski definition) is 4. The van der Waals surface area contributed by atoms with Crippen molar-refractivity contribution in [1.29, 1.82) is 0 Å². The lowest BCUT2D eigenvalue weighted by Gasteiger charge is -2.08. The Morgan fingerprint density at radius 3 is 2.57 bits per heavy atom. The number of amides is 1. The molecule has 1 heterocycles. The van der Waals surface area contributed by atoms with Crippen molar-refractivity contribution < 1.29 is 9.72 Å².